The monoisotopic (exact) mass is 456 g/mol. The number of thiophene rings is 1. The van der Waals surface area contributed by atoms with E-state index in [1.807, 2.05) is 35.7 Å². The zero-order chi connectivity index (χ0) is 20.9. The molecule has 30 heavy (non-hydrogen) atoms. The maximum Gasteiger partial charge on any atom is 0.240 e. The number of nitriles is 1. The van der Waals surface area contributed by atoms with Crippen molar-refractivity contribution in [1.29, 1.82) is 5.26 Å². The van der Waals surface area contributed by atoms with Crippen molar-refractivity contribution >= 4 is 53.4 Å². The number of carbonyl (C=O) groups excluding carboxylic acids is 1. The molecule has 0 spiro atoms. The van der Waals surface area contributed by atoms with Gasteiger partial charge in [-0.25, -0.2) is 0 Å². The van der Waals surface area contributed by atoms with E-state index in [1.165, 1.54) is 0 Å². The molecule has 3 aromatic rings. The number of halogens is 1. The molecule has 1 unspecified atom stereocenters. The molecule has 5 nitrogen and oxygen atoms in total. The third kappa shape index (κ3) is 4.57. The number of hydrogen-bond donors (Lipinski definition) is 1. The lowest BCUT2D eigenvalue weighted by atomic mass is 10.1. The molecule has 0 bridgehead atoms. The molecule has 1 N–H and O–H groups in total. The Morgan fingerprint density at radius 3 is 2.87 bits per heavy atom. The highest BCUT2D eigenvalue weighted by atomic mass is 35.5. The lowest BCUT2D eigenvalue weighted by Gasteiger charge is -2.28. The zero-order valence-corrected chi connectivity index (χ0v) is 18.3. The molecular weight excluding hydrogens is 439 g/mol. The first kappa shape index (κ1) is 21.0. The Balaban J connectivity index is 1.62. The van der Waals surface area contributed by atoms with Crippen molar-refractivity contribution in [2.45, 2.75) is 12.1 Å². The van der Waals surface area contributed by atoms with Crippen molar-refractivity contribution in [2.75, 3.05) is 13.2 Å². The van der Waals surface area contributed by atoms with Gasteiger partial charge in [0.1, 0.15) is 5.66 Å². The second kappa shape index (κ2) is 9.70. The van der Waals surface area contributed by atoms with Crippen LogP contribution in [-0.2, 0) is 13.8 Å². The second-order valence-electron chi connectivity index (χ2n) is 6.58. The van der Waals surface area contributed by atoms with Gasteiger partial charge in [0.15, 0.2) is 8.38 Å². The summed E-state index contributed by atoms with van der Waals surface area (Å²) in [6.07, 6.45) is 4.09. The number of fused-ring (bicyclic) bond motifs is 1. The van der Waals surface area contributed by atoms with Gasteiger partial charge in [0.05, 0.1) is 24.8 Å². The van der Waals surface area contributed by atoms with Crippen LogP contribution in [0.3, 0.4) is 0 Å². The molecule has 0 saturated carbocycles. The molecular formula is C22H18ClN2O3PS. The lowest BCUT2D eigenvalue weighted by Crippen LogP contribution is -2.26. The van der Waals surface area contributed by atoms with E-state index in [1.54, 1.807) is 35.7 Å². The van der Waals surface area contributed by atoms with Gasteiger partial charge < -0.3 is 14.4 Å². The quantitative estimate of drug-likeness (QED) is 0.478. The van der Waals surface area contributed by atoms with Crippen LogP contribution >= 0.6 is 31.3 Å². The molecule has 2 aromatic carbocycles. The number of amides is 1. The molecule has 0 radical (unpaired) electrons. The molecule has 1 amide bonds. The summed E-state index contributed by atoms with van der Waals surface area (Å²) in [7, 11) is -1.42. The highest BCUT2D eigenvalue weighted by Gasteiger charge is 2.35. The van der Waals surface area contributed by atoms with Gasteiger partial charge in [-0.2, -0.15) is 5.26 Å². The van der Waals surface area contributed by atoms with Crippen molar-refractivity contribution in [3.05, 3.63) is 75.8 Å². The number of rotatable bonds is 5. The van der Waals surface area contributed by atoms with E-state index >= 15 is 0 Å². The van der Waals surface area contributed by atoms with Crippen LogP contribution in [0.5, 0.6) is 0 Å². The van der Waals surface area contributed by atoms with Crippen LogP contribution < -0.4 is 5.32 Å². The minimum atomic E-state index is -1.42. The van der Waals surface area contributed by atoms with Gasteiger partial charge in [-0.05, 0) is 58.7 Å². The van der Waals surface area contributed by atoms with E-state index in [-0.39, 0.29) is 5.91 Å². The Morgan fingerprint density at radius 1 is 1.27 bits per heavy atom. The highest BCUT2D eigenvalue weighted by molar-refractivity contribution is 7.49. The van der Waals surface area contributed by atoms with Gasteiger partial charge in [-0.3, -0.25) is 4.79 Å². The highest BCUT2D eigenvalue weighted by Crippen LogP contribution is 2.56. The standard InChI is InChI=1S/C22H18ClN2O3PS/c23-17-6-7-20-18(12-17)19(14-30-20)21(29-27-10-3-11-28-29)22(26)25-9-8-15-4-1-2-5-16(15)13-24/h1-2,4-9,12,14,21H,3,10-11H2,(H,25,26). The molecule has 1 aliphatic heterocycles. The molecule has 1 atom stereocenters. The maximum atomic E-state index is 13.2. The number of carbonyl (C=O) groups is 1. The van der Waals surface area contributed by atoms with Crippen LogP contribution in [0.15, 0.2) is 54.0 Å². The van der Waals surface area contributed by atoms with E-state index in [9.17, 15) is 10.1 Å². The summed E-state index contributed by atoms with van der Waals surface area (Å²) >= 11 is 7.77. The molecule has 8 heteroatoms. The second-order valence-corrected chi connectivity index (χ2v) is 9.53. The van der Waals surface area contributed by atoms with Crippen LogP contribution in [0.25, 0.3) is 16.2 Å². The van der Waals surface area contributed by atoms with Crippen LogP contribution in [0.4, 0.5) is 0 Å². The average molecular weight is 457 g/mol. The van der Waals surface area contributed by atoms with E-state index < -0.39 is 14.0 Å². The molecule has 1 aromatic heterocycles. The van der Waals surface area contributed by atoms with Gasteiger partial charge in [-0.1, -0.05) is 29.8 Å². The lowest BCUT2D eigenvalue weighted by molar-refractivity contribution is -0.120. The first-order valence-electron chi connectivity index (χ1n) is 9.35. The Hall–Kier alpha value is -2.26. The SMILES string of the molecule is N#Cc1ccccc1C=CNC(=O)C(c1csc2ccc(Cl)cc12)P1OCCCO1. The summed E-state index contributed by atoms with van der Waals surface area (Å²) < 4.78 is 12.8. The fraction of sp³-hybridized carbons (Fsp3) is 0.182. The van der Waals surface area contributed by atoms with Gasteiger partial charge in [0.2, 0.25) is 5.91 Å². The summed E-state index contributed by atoms with van der Waals surface area (Å²) in [6, 6.07) is 15.0. The fourth-order valence-corrected chi connectivity index (χ4v) is 6.11. The van der Waals surface area contributed by atoms with E-state index in [4.69, 9.17) is 20.6 Å². The van der Waals surface area contributed by atoms with Crippen LogP contribution in [-0.4, -0.2) is 19.1 Å². The van der Waals surface area contributed by atoms with E-state index in [2.05, 4.69) is 11.4 Å². The van der Waals surface area contributed by atoms with Crippen molar-refractivity contribution in [3.63, 3.8) is 0 Å². The topological polar surface area (TPSA) is 71.4 Å². The summed E-state index contributed by atoms with van der Waals surface area (Å²) in [5, 5.41) is 15.6. The molecule has 1 aliphatic rings. The number of benzene rings is 2. The largest absolute Gasteiger partial charge is 0.333 e. The van der Waals surface area contributed by atoms with Crippen molar-refractivity contribution < 1.29 is 13.8 Å². The Morgan fingerprint density at radius 2 is 2.07 bits per heavy atom. The molecule has 152 valence electrons. The van der Waals surface area contributed by atoms with E-state index in [0.29, 0.717) is 23.8 Å². The molecule has 1 fully saturated rings. The zero-order valence-electron chi connectivity index (χ0n) is 15.9. The summed E-state index contributed by atoms with van der Waals surface area (Å²) in [5.74, 6) is -0.214. The molecule has 1 saturated heterocycles. The smallest absolute Gasteiger partial charge is 0.240 e. The Bertz CT molecular complexity index is 1130. The van der Waals surface area contributed by atoms with Crippen molar-refractivity contribution in [1.82, 2.24) is 5.32 Å². The number of nitrogens with zero attached hydrogens (tertiary/aromatic N) is 1. The summed E-state index contributed by atoms with van der Waals surface area (Å²) in [5.41, 5.74) is 1.55. The predicted molar refractivity (Wildman–Crippen MR) is 121 cm³/mol. The molecule has 2 heterocycles. The van der Waals surface area contributed by atoms with Crippen LogP contribution in [0.2, 0.25) is 5.02 Å². The fourth-order valence-electron chi connectivity index (χ4n) is 3.17. The van der Waals surface area contributed by atoms with Gasteiger partial charge in [0.25, 0.3) is 0 Å². The van der Waals surface area contributed by atoms with Crippen LogP contribution in [0.1, 0.15) is 28.8 Å². The number of hydrogen-bond acceptors (Lipinski definition) is 5. The Labute approximate surface area is 184 Å². The normalized spacial score (nSPS) is 15.9. The molecule has 4 rings (SSSR count). The Kier molecular flexibility index (Phi) is 6.79. The predicted octanol–water partition coefficient (Wildman–Crippen LogP) is 6.00. The van der Waals surface area contributed by atoms with Crippen molar-refractivity contribution in [3.8, 4) is 6.07 Å². The van der Waals surface area contributed by atoms with Gasteiger partial charge in [0, 0.05) is 15.9 Å². The van der Waals surface area contributed by atoms with Crippen LogP contribution in [0, 0.1) is 11.3 Å². The maximum absolute atomic E-state index is 13.2. The average Bonchev–Trinajstić information content (AvgIpc) is 3.18. The van der Waals surface area contributed by atoms with Crippen molar-refractivity contribution in [2.24, 2.45) is 0 Å². The molecule has 0 aliphatic carbocycles. The number of nitrogens with one attached hydrogen (secondary N) is 1. The minimum absolute atomic E-state index is 0.214. The van der Waals surface area contributed by atoms with E-state index in [0.717, 1.165) is 27.6 Å². The minimum Gasteiger partial charge on any atom is -0.333 e. The third-order valence-electron chi connectivity index (χ3n) is 4.61. The van der Waals surface area contributed by atoms with Gasteiger partial charge in [-0.15, -0.1) is 11.3 Å². The summed E-state index contributed by atoms with van der Waals surface area (Å²) in [6.45, 7) is 1.15. The third-order valence-corrected chi connectivity index (χ3v) is 7.64. The summed E-state index contributed by atoms with van der Waals surface area (Å²) in [4.78, 5) is 13.2. The first-order chi connectivity index (χ1) is 14.7. The first-order valence-corrected chi connectivity index (χ1v) is 11.9. The van der Waals surface area contributed by atoms with Gasteiger partial charge >= 0.3 is 0 Å².